The number of nitrogens with zero attached hydrogens (tertiary/aromatic N) is 2. The van der Waals surface area contributed by atoms with Crippen molar-refractivity contribution < 1.29 is 14.3 Å². The van der Waals surface area contributed by atoms with Gasteiger partial charge in [0.1, 0.15) is 0 Å². The molecule has 2 aliphatic heterocycles. The average Bonchev–Trinajstić information content (AvgIpc) is 2.76. The van der Waals surface area contributed by atoms with E-state index in [1.807, 2.05) is 24.0 Å². The van der Waals surface area contributed by atoms with Gasteiger partial charge in [-0.1, -0.05) is 24.3 Å². The van der Waals surface area contributed by atoms with Crippen molar-refractivity contribution in [3.63, 3.8) is 0 Å². The van der Waals surface area contributed by atoms with Crippen LogP contribution in [0.15, 0.2) is 36.4 Å². The van der Waals surface area contributed by atoms with Gasteiger partial charge in [-0.05, 0) is 54.2 Å². The fraction of sp³-hybridized carbons (Fsp3) is 0.435. The van der Waals surface area contributed by atoms with Crippen LogP contribution in [0, 0.1) is 0 Å². The molecule has 1 unspecified atom stereocenters. The number of methoxy groups -OCH3 is 2. The molecule has 28 heavy (non-hydrogen) atoms. The highest BCUT2D eigenvalue weighted by Crippen LogP contribution is 2.33. The molecule has 0 aliphatic carbocycles. The number of rotatable bonds is 4. The normalized spacial score (nSPS) is 17.5. The molecule has 0 spiro atoms. The number of ether oxygens (including phenoxy) is 2. The molecule has 2 heterocycles. The number of hydrogen-bond acceptors (Lipinski definition) is 4. The second kappa shape index (κ2) is 7.84. The molecule has 4 rings (SSSR count). The first kappa shape index (κ1) is 18.8. The molecule has 1 atom stereocenters. The third kappa shape index (κ3) is 3.47. The third-order valence-electron chi connectivity index (χ3n) is 6.10. The minimum absolute atomic E-state index is 0.116. The molecule has 2 aliphatic rings. The molecular formula is C23H28N2O3. The number of carbonyl (C=O) groups excluding carboxylic acids is 1. The largest absolute Gasteiger partial charge is 0.493 e. The van der Waals surface area contributed by atoms with Gasteiger partial charge in [0.05, 0.1) is 20.3 Å². The lowest BCUT2D eigenvalue weighted by molar-refractivity contribution is -0.137. The lowest BCUT2D eigenvalue weighted by Crippen LogP contribution is -2.49. The summed E-state index contributed by atoms with van der Waals surface area (Å²) in [7, 11) is 3.30. The topological polar surface area (TPSA) is 42.0 Å². The molecule has 0 saturated carbocycles. The zero-order valence-corrected chi connectivity index (χ0v) is 16.9. The standard InChI is InChI=1S/C23H28N2O3/c1-16(24-10-8-17-6-4-5-7-19(17)14-24)23(26)25-11-9-18-12-21(27-2)22(28-3)13-20(18)15-25/h4-7,12-13,16H,8-11,14-15H2,1-3H3. The Morgan fingerprint density at radius 2 is 1.54 bits per heavy atom. The highest BCUT2D eigenvalue weighted by atomic mass is 16.5. The van der Waals surface area contributed by atoms with Gasteiger partial charge in [0.2, 0.25) is 5.91 Å². The Morgan fingerprint density at radius 3 is 2.25 bits per heavy atom. The zero-order chi connectivity index (χ0) is 19.7. The molecule has 0 aromatic heterocycles. The lowest BCUT2D eigenvalue weighted by Gasteiger charge is -2.37. The minimum Gasteiger partial charge on any atom is -0.493 e. The molecular weight excluding hydrogens is 352 g/mol. The van der Waals surface area contributed by atoms with Crippen molar-refractivity contribution >= 4 is 5.91 Å². The monoisotopic (exact) mass is 380 g/mol. The van der Waals surface area contributed by atoms with Crippen LogP contribution in [0.25, 0.3) is 0 Å². The van der Waals surface area contributed by atoms with Crippen LogP contribution < -0.4 is 9.47 Å². The van der Waals surface area contributed by atoms with Crippen molar-refractivity contribution in [2.45, 2.75) is 38.9 Å². The molecule has 0 N–H and O–H groups in total. The van der Waals surface area contributed by atoms with Crippen LogP contribution in [0.4, 0.5) is 0 Å². The fourth-order valence-electron chi connectivity index (χ4n) is 4.34. The molecule has 0 radical (unpaired) electrons. The van der Waals surface area contributed by atoms with Crippen LogP contribution in [0.2, 0.25) is 0 Å². The Morgan fingerprint density at radius 1 is 0.893 bits per heavy atom. The van der Waals surface area contributed by atoms with Gasteiger partial charge in [-0.15, -0.1) is 0 Å². The Bertz CT molecular complexity index is 880. The third-order valence-corrected chi connectivity index (χ3v) is 6.10. The van der Waals surface area contributed by atoms with Crippen molar-refractivity contribution in [3.8, 4) is 11.5 Å². The van der Waals surface area contributed by atoms with E-state index in [1.54, 1.807) is 14.2 Å². The number of amides is 1. The maximum absolute atomic E-state index is 13.2. The SMILES string of the molecule is COc1cc2c(cc1OC)CN(C(=O)C(C)N1CCc3ccccc3C1)CC2. The van der Waals surface area contributed by atoms with Crippen LogP contribution in [-0.4, -0.2) is 49.1 Å². The molecule has 0 bridgehead atoms. The van der Waals surface area contributed by atoms with E-state index >= 15 is 0 Å². The first-order valence-corrected chi connectivity index (χ1v) is 9.94. The predicted molar refractivity (Wildman–Crippen MR) is 109 cm³/mol. The van der Waals surface area contributed by atoms with Crippen LogP contribution in [0.3, 0.4) is 0 Å². The van der Waals surface area contributed by atoms with E-state index in [9.17, 15) is 4.79 Å². The lowest BCUT2D eigenvalue weighted by atomic mass is 9.97. The summed E-state index contributed by atoms with van der Waals surface area (Å²) in [6.07, 6.45) is 1.85. The average molecular weight is 380 g/mol. The number of fused-ring (bicyclic) bond motifs is 2. The van der Waals surface area contributed by atoms with Crippen molar-refractivity contribution in [2.75, 3.05) is 27.3 Å². The van der Waals surface area contributed by atoms with Gasteiger partial charge in [0, 0.05) is 26.2 Å². The zero-order valence-electron chi connectivity index (χ0n) is 16.9. The van der Waals surface area contributed by atoms with Crippen LogP contribution in [-0.2, 0) is 30.7 Å². The first-order chi connectivity index (χ1) is 13.6. The molecule has 148 valence electrons. The molecule has 2 aromatic carbocycles. The summed E-state index contributed by atoms with van der Waals surface area (Å²) in [5.74, 6) is 1.68. The maximum Gasteiger partial charge on any atom is 0.239 e. The van der Waals surface area contributed by atoms with E-state index in [1.165, 1.54) is 16.7 Å². The van der Waals surface area contributed by atoms with E-state index < -0.39 is 0 Å². The minimum atomic E-state index is -0.116. The Labute approximate surface area is 166 Å². The van der Waals surface area contributed by atoms with Crippen LogP contribution in [0.1, 0.15) is 29.2 Å². The number of benzene rings is 2. The van der Waals surface area contributed by atoms with Gasteiger partial charge >= 0.3 is 0 Å². The smallest absolute Gasteiger partial charge is 0.239 e. The molecule has 5 heteroatoms. The second-order valence-corrected chi connectivity index (χ2v) is 7.65. The Balaban J connectivity index is 1.47. The quantitative estimate of drug-likeness (QED) is 0.818. The highest BCUT2D eigenvalue weighted by Gasteiger charge is 2.30. The van der Waals surface area contributed by atoms with E-state index in [0.717, 1.165) is 49.5 Å². The maximum atomic E-state index is 13.2. The van der Waals surface area contributed by atoms with Gasteiger partial charge in [-0.2, -0.15) is 0 Å². The van der Waals surface area contributed by atoms with Crippen LogP contribution >= 0.6 is 0 Å². The fourth-order valence-corrected chi connectivity index (χ4v) is 4.34. The number of hydrogen-bond donors (Lipinski definition) is 0. The highest BCUT2D eigenvalue weighted by molar-refractivity contribution is 5.82. The van der Waals surface area contributed by atoms with Gasteiger partial charge in [0.25, 0.3) is 0 Å². The van der Waals surface area contributed by atoms with Gasteiger partial charge in [0.15, 0.2) is 11.5 Å². The summed E-state index contributed by atoms with van der Waals surface area (Å²) in [5, 5.41) is 0. The van der Waals surface area contributed by atoms with Crippen molar-refractivity contribution in [1.29, 1.82) is 0 Å². The van der Waals surface area contributed by atoms with E-state index in [0.29, 0.717) is 6.54 Å². The summed E-state index contributed by atoms with van der Waals surface area (Å²) >= 11 is 0. The Kier molecular flexibility index (Phi) is 5.27. The van der Waals surface area contributed by atoms with Crippen molar-refractivity contribution in [2.24, 2.45) is 0 Å². The molecule has 2 aromatic rings. The summed E-state index contributed by atoms with van der Waals surface area (Å²) < 4.78 is 10.8. The van der Waals surface area contributed by atoms with Gasteiger partial charge in [-0.25, -0.2) is 0 Å². The van der Waals surface area contributed by atoms with Gasteiger partial charge in [-0.3, -0.25) is 9.69 Å². The van der Waals surface area contributed by atoms with Crippen molar-refractivity contribution in [3.05, 3.63) is 58.7 Å². The van der Waals surface area contributed by atoms with Gasteiger partial charge < -0.3 is 14.4 Å². The second-order valence-electron chi connectivity index (χ2n) is 7.65. The predicted octanol–water partition coefficient (Wildman–Crippen LogP) is 3.04. The number of carbonyl (C=O) groups is 1. The summed E-state index contributed by atoms with van der Waals surface area (Å²) in [6.45, 7) is 5.19. The van der Waals surface area contributed by atoms with E-state index in [4.69, 9.17) is 9.47 Å². The van der Waals surface area contributed by atoms with E-state index in [2.05, 4.69) is 29.2 Å². The summed E-state index contributed by atoms with van der Waals surface area (Å²) in [6, 6.07) is 12.5. The Hall–Kier alpha value is -2.53. The molecule has 5 nitrogen and oxygen atoms in total. The summed E-state index contributed by atoms with van der Waals surface area (Å²) in [5.41, 5.74) is 5.13. The summed E-state index contributed by atoms with van der Waals surface area (Å²) in [4.78, 5) is 17.5. The molecule has 0 fully saturated rings. The first-order valence-electron chi connectivity index (χ1n) is 9.94. The van der Waals surface area contributed by atoms with E-state index in [-0.39, 0.29) is 11.9 Å². The van der Waals surface area contributed by atoms with Crippen LogP contribution in [0.5, 0.6) is 11.5 Å². The molecule has 1 amide bonds. The molecule has 0 saturated heterocycles. The van der Waals surface area contributed by atoms with Crippen molar-refractivity contribution in [1.82, 2.24) is 9.80 Å².